The lowest BCUT2D eigenvalue weighted by Gasteiger charge is -2.26. The monoisotopic (exact) mass is 290 g/mol. The molecule has 1 heterocycles. The van der Waals surface area contributed by atoms with E-state index < -0.39 is 21.2 Å². The van der Waals surface area contributed by atoms with Gasteiger partial charge in [0.05, 0.1) is 12.0 Å². The van der Waals surface area contributed by atoms with Crippen molar-refractivity contribution in [1.29, 1.82) is 0 Å². The largest absolute Gasteiger partial charge is 0.481 e. The van der Waals surface area contributed by atoms with Crippen molar-refractivity contribution in [3.63, 3.8) is 0 Å². The molecule has 0 saturated heterocycles. The summed E-state index contributed by atoms with van der Waals surface area (Å²) in [5.41, 5.74) is -0.984. The van der Waals surface area contributed by atoms with E-state index in [9.17, 15) is 18.3 Å². The third-order valence-electron chi connectivity index (χ3n) is 3.26. The zero-order valence-corrected chi connectivity index (χ0v) is 12.0. The first-order chi connectivity index (χ1) is 8.74. The summed E-state index contributed by atoms with van der Waals surface area (Å²) in [6, 6.07) is 0. The number of rotatable bonds is 7. The third-order valence-corrected chi connectivity index (χ3v) is 4.04. The van der Waals surface area contributed by atoms with Crippen molar-refractivity contribution in [3.8, 4) is 0 Å². The van der Waals surface area contributed by atoms with Crippen LogP contribution in [0.4, 0.5) is 0 Å². The van der Waals surface area contributed by atoms with Gasteiger partial charge in [0.15, 0.2) is 15.7 Å². The fourth-order valence-corrected chi connectivity index (χ4v) is 2.49. The second-order valence-corrected chi connectivity index (χ2v) is 6.76. The van der Waals surface area contributed by atoms with E-state index in [2.05, 4.69) is 15.5 Å². The Kier molecular flexibility index (Phi) is 4.61. The Morgan fingerprint density at radius 1 is 1.37 bits per heavy atom. The quantitative estimate of drug-likeness (QED) is 0.757. The van der Waals surface area contributed by atoms with Crippen LogP contribution in [-0.2, 0) is 26.9 Å². The summed E-state index contributed by atoms with van der Waals surface area (Å²) in [5.74, 6) is -1.07. The maximum absolute atomic E-state index is 11.4. The predicted molar refractivity (Wildman–Crippen MR) is 67.0 cm³/mol. The first-order valence-corrected chi connectivity index (χ1v) is 7.96. The van der Waals surface area contributed by atoms with Crippen molar-refractivity contribution in [1.82, 2.24) is 20.2 Å². The molecule has 0 bridgehead atoms. The molecular formula is C10H18N4O4S. The van der Waals surface area contributed by atoms with Gasteiger partial charge in [-0.15, -0.1) is 5.10 Å². The van der Waals surface area contributed by atoms with Crippen LogP contribution in [0.3, 0.4) is 0 Å². The van der Waals surface area contributed by atoms with Gasteiger partial charge in [0.2, 0.25) is 0 Å². The Morgan fingerprint density at radius 2 is 1.95 bits per heavy atom. The maximum atomic E-state index is 11.4. The van der Waals surface area contributed by atoms with E-state index in [0.717, 1.165) is 6.26 Å². The first kappa shape index (κ1) is 15.5. The van der Waals surface area contributed by atoms with Crippen molar-refractivity contribution in [3.05, 3.63) is 5.82 Å². The van der Waals surface area contributed by atoms with Crippen molar-refractivity contribution in [2.24, 2.45) is 5.41 Å². The molecule has 0 spiro atoms. The summed E-state index contributed by atoms with van der Waals surface area (Å²) in [6.45, 7) is 3.61. The highest BCUT2D eigenvalue weighted by Crippen LogP contribution is 2.29. The Balaban J connectivity index is 3.05. The van der Waals surface area contributed by atoms with Gasteiger partial charge in [0.1, 0.15) is 5.75 Å². The Morgan fingerprint density at radius 3 is 2.37 bits per heavy atom. The van der Waals surface area contributed by atoms with Crippen LogP contribution in [0.15, 0.2) is 0 Å². The molecule has 0 aromatic carbocycles. The lowest BCUT2D eigenvalue weighted by atomic mass is 9.82. The van der Waals surface area contributed by atoms with Gasteiger partial charge < -0.3 is 5.11 Å². The van der Waals surface area contributed by atoms with Crippen molar-refractivity contribution >= 4 is 15.8 Å². The molecule has 1 aromatic heterocycles. The predicted octanol–water partition coefficient (Wildman–Crippen LogP) is 0.109. The van der Waals surface area contributed by atoms with Crippen LogP contribution in [0, 0.1) is 5.41 Å². The lowest BCUT2D eigenvalue weighted by Crippen LogP contribution is -2.35. The van der Waals surface area contributed by atoms with Gasteiger partial charge in [-0.05, 0) is 23.3 Å². The first-order valence-electron chi connectivity index (χ1n) is 5.90. The number of hydrogen-bond donors (Lipinski definition) is 1. The number of nitrogens with zero attached hydrogens (tertiary/aromatic N) is 4. The second-order valence-electron chi connectivity index (χ2n) is 4.62. The standard InChI is InChI=1S/C10H18N4O4S/c1-4-10(5-2,9(15)16)7-14-8(11-12-13-14)6-19(3,17)18/h4-7H2,1-3H3,(H,15,16). The average Bonchev–Trinajstić information content (AvgIpc) is 2.70. The zero-order valence-electron chi connectivity index (χ0n) is 11.2. The maximum Gasteiger partial charge on any atom is 0.311 e. The highest BCUT2D eigenvalue weighted by Gasteiger charge is 2.36. The summed E-state index contributed by atoms with van der Waals surface area (Å²) < 4.78 is 23.8. The summed E-state index contributed by atoms with van der Waals surface area (Å²) in [6.07, 6.45) is 1.91. The van der Waals surface area contributed by atoms with Crippen molar-refractivity contribution in [2.45, 2.75) is 39.0 Å². The molecule has 0 amide bonds. The molecule has 0 radical (unpaired) electrons. The average molecular weight is 290 g/mol. The normalized spacial score (nSPS) is 12.6. The minimum Gasteiger partial charge on any atom is -0.481 e. The van der Waals surface area contributed by atoms with E-state index in [-0.39, 0.29) is 18.1 Å². The molecule has 1 aromatic rings. The number of carbonyl (C=O) groups is 1. The van der Waals surface area contributed by atoms with Gasteiger partial charge >= 0.3 is 5.97 Å². The van der Waals surface area contributed by atoms with Crippen molar-refractivity contribution in [2.75, 3.05) is 6.26 Å². The van der Waals surface area contributed by atoms with Gasteiger partial charge in [-0.25, -0.2) is 13.1 Å². The molecule has 8 nitrogen and oxygen atoms in total. The van der Waals surface area contributed by atoms with Crippen LogP contribution in [0.5, 0.6) is 0 Å². The molecule has 0 aliphatic rings. The lowest BCUT2D eigenvalue weighted by molar-refractivity contribution is -0.150. The van der Waals surface area contributed by atoms with Crippen LogP contribution in [0.25, 0.3) is 0 Å². The number of tetrazole rings is 1. The van der Waals surface area contributed by atoms with E-state index >= 15 is 0 Å². The van der Waals surface area contributed by atoms with Gasteiger partial charge in [0.25, 0.3) is 0 Å². The molecule has 0 aliphatic carbocycles. The van der Waals surface area contributed by atoms with Gasteiger partial charge in [-0.2, -0.15) is 0 Å². The Labute approximate surface area is 111 Å². The van der Waals surface area contributed by atoms with Gasteiger partial charge in [0, 0.05) is 6.26 Å². The van der Waals surface area contributed by atoms with E-state index in [1.165, 1.54) is 4.68 Å². The summed E-state index contributed by atoms with van der Waals surface area (Å²) in [5, 5.41) is 20.1. The number of carboxylic acids is 1. The molecule has 0 atom stereocenters. The molecule has 19 heavy (non-hydrogen) atoms. The minimum atomic E-state index is -3.27. The minimum absolute atomic E-state index is 0.0627. The summed E-state index contributed by atoms with van der Waals surface area (Å²) >= 11 is 0. The highest BCUT2D eigenvalue weighted by atomic mass is 32.2. The van der Waals surface area contributed by atoms with Crippen LogP contribution < -0.4 is 0 Å². The van der Waals surface area contributed by atoms with Gasteiger partial charge in [-0.3, -0.25) is 4.79 Å². The molecule has 108 valence electrons. The van der Waals surface area contributed by atoms with Gasteiger partial charge in [-0.1, -0.05) is 13.8 Å². The smallest absolute Gasteiger partial charge is 0.311 e. The molecule has 0 saturated carbocycles. The highest BCUT2D eigenvalue weighted by molar-refractivity contribution is 7.89. The topological polar surface area (TPSA) is 115 Å². The number of aromatic nitrogens is 4. The molecule has 1 N–H and O–H groups in total. The molecule has 0 unspecified atom stereocenters. The molecule has 9 heteroatoms. The van der Waals surface area contributed by atoms with Crippen molar-refractivity contribution < 1.29 is 18.3 Å². The third kappa shape index (κ3) is 3.72. The molecular weight excluding hydrogens is 272 g/mol. The molecule has 0 aliphatic heterocycles. The molecule has 0 fully saturated rings. The van der Waals surface area contributed by atoms with Crippen LogP contribution in [0.1, 0.15) is 32.5 Å². The van der Waals surface area contributed by atoms with Crippen LogP contribution >= 0.6 is 0 Å². The van der Waals surface area contributed by atoms with Crippen LogP contribution in [0.2, 0.25) is 0 Å². The fraction of sp³-hybridized carbons (Fsp3) is 0.800. The summed E-state index contributed by atoms with van der Waals surface area (Å²) in [7, 11) is -3.27. The van der Waals surface area contributed by atoms with E-state index in [0.29, 0.717) is 12.8 Å². The number of aliphatic carboxylic acids is 1. The number of sulfone groups is 1. The fourth-order valence-electron chi connectivity index (χ4n) is 1.81. The summed E-state index contributed by atoms with van der Waals surface area (Å²) in [4.78, 5) is 11.4. The second kappa shape index (κ2) is 5.64. The van der Waals surface area contributed by atoms with E-state index in [1.54, 1.807) is 13.8 Å². The zero-order chi connectivity index (χ0) is 14.7. The van der Waals surface area contributed by atoms with E-state index in [4.69, 9.17) is 0 Å². The van der Waals surface area contributed by atoms with E-state index in [1.807, 2.05) is 0 Å². The number of hydrogen-bond acceptors (Lipinski definition) is 6. The number of carboxylic acid groups (broad SMARTS) is 1. The van der Waals surface area contributed by atoms with Crippen LogP contribution in [-0.4, -0.2) is 46.0 Å². The Bertz CT molecular complexity index is 548. The SMILES string of the molecule is CCC(CC)(Cn1nnnc1CS(C)(=O)=O)C(=O)O. The molecule has 1 rings (SSSR count). The Hall–Kier alpha value is -1.51.